The molecule has 0 aliphatic carbocycles. The molecule has 0 radical (unpaired) electrons. The molecule has 1 unspecified atom stereocenters. The number of aromatic nitrogens is 1. The van der Waals surface area contributed by atoms with Crippen LogP contribution in [0.15, 0.2) is 30.5 Å². The van der Waals surface area contributed by atoms with Crippen molar-refractivity contribution >= 4 is 22.9 Å². The third-order valence-corrected chi connectivity index (χ3v) is 4.28. The van der Waals surface area contributed by atoms with Crippen molar-refractivity contribution in [1.29, 1.82) is 0 Å². The molecule has 0 spiro atoms. The van der Waals surface area contributed by atoms with Crippen molar-refractivity contribution in [1.82, 2.24) is 10.3 Å². The third kappa shape index (κ3) is 3.06. The summed E-state index contributed by atoms with van der Waals surface area (Å²) in [5, 5.41) is 5.13. The normalized spacial score (nSPS) is 12.6. The second-order valence-corrected chi connectivity index (χ2v) is 5.49. The van der Waals surface area contributed by atoms with Gasteiger partial charge in [0.15, 0.2) is 0 Å². The molecule has 1 aromatic carbocycles. The van der Waals surface area contributed by atoms with E-state index in [0.717, 1.165) is 22.0 Å². The van der Waals surface area contributed by atoms with Crippen molar-refractivity contribution in [2.24, 2.45) is 0 Å². The monoisotopic (exact) mass is 266 g/mol. The number of nitrogens with zero attached hydrogens (tertiary/aromatic N) is 1. The largest absolute Gasteiger partial charge is 0.312 e. The molecule has 90 valence electrons. The molecule has 1 heterocycles. The molecule has 0 aliphatic heterocycles. The lowest BCUT2D eigenvalue weighted by Gasteiger charge is -2.05. The van der Waals surface area contributed by atoms with E-state index < -0.39 is 0 Å². The smallest absolute Gasteiger partial charge is 0.0972 e. The molecule has 2 aromatic rings. The van der Waals surface area contributed by atoms with Gasteiger partial charge < -0.3 is 5.32 Å². The van der Waals surface area contributed by atoms with Gasteiger partial charge in [-0.2, -0.15) is 0 Å². The van der Waals surface area contributed by atoms with Crippen LogP contribution in [0.2, 0.25) is 5.02 Å². The first kappa shape index (κ1) is 12.6. The highest BCUT2D eigenvalue weighted by Gasteiger charge is 2.09. The summed E-state index contributed by atoms with van der Waals surface area (Å²) in [6.07, 6.45) is 2.75. The first-order chi connectivity index (χ1) is 8.20. The summed E-state index contributed by atoms with van der Waals surface area (Å²) in [7, 11) is 1.96. The fourth-order valence-electron chi connectivity index (χ4n) is 1.55. The summed E-state index contributed by atoms with van der Waals surface area (Å²) < 4.78 is 0. The molecule has 2 rings (SSSR count). The van der Waals surface area contributed by atoms with Crippen LogP contribution in [0.5, 0.6) is 0 Å². The Morgan fingerprint density at radius 3 is 2.88 bits per heavy atom. The molecule has 0 saturated carbocycles. The first-order valence-electron chi connectivity index (χ1n) is 5.56. The highest BCUT2D eigenvalue weighted by atomic mass is 35.5. The molecule has 0 aliphatic rings. The van der Waals surface area contributed by atoms with Gasteiger partial charge in [-0.15, -0.1) is 11.3 Å². The second-order valence-electron chi connectivity index (χ2n) is 3.93. The molecular weight excluding hydrogens is 252 g/mol. The van der Waals surface area contributed by atoms with Crippen molar-refractivity contribution in [2.75, 3.05) is 7.05 Å². The van der Waals surface area contributed by atoms with Crippen molar-refractivity contribution in [3.8, 4) is 0 Å². The number of hydrogen-bond acceptors (Lipinski definition) is 3. The van der Waals surface area contributed by atoms with Crippen molar-refractivity contribution in [2.45, 2.75) is 19.4 Å². The number of rotatable bonds is 4. The Balaban J connectivity index is 2.14. The Bertz CT molecular complexity index is 496. The topological polar surface area (TPSA) is 24.9 Å². The predicted octanol–water partition coefficient (Wildman–Crippen LogP) is 3.67. The lowest BCUT2D eigenvalue weighted by Crippen LogP contribution is -2.10. The van der Waals surface area contributed by atoms with Crippen molar-refractivity contribution < 1.29 is 0 Å². The van der Waals surface area contributed by atoms with E-state index in [1.165, 1.54) is 4.88 Å². The minimum absolute atomic E-state index is 0.354. The van der Waals surface area contributed by atoms with Gasteiger partial charge >= 0.3 is 0 Å². The summed E-state index contributed by atoms with van der Waals surface area (Å²) >= 11 is 7.87. The highest BCUT2D eigenvalue weighted by molar-refractivity contribution is 7.11. The molecule has 1 atom stereocenters. The molecule has 2 nitrogen and oxygen atoms in total. The highest BCUT2D eigenvalue weighted by Crippen LogP contribution is 2.24. The zero-order chi connectivity index (χ0) is 12.3. The molecule has 0 fully saturated rings. The van der Waals surface area contributed by atoms with E-state index in [1.54, 1.807) is 11.3 Å². The van der Waals surface area contributed by atoms with E-state index in [1.807, 2.05) is 37.5 Å². The summed E-state index contributed by atoms with van der Waals surface area (Å²) in [6.45, 7) is 2.13. The summed E-state index contributed by atoms with van der Waals surface area (Å²) in [4.78, 5) is 5.70. The number of thiazole rings is 1. The molecule has 0 saturated heterocycles. The maximum atomic E-state index is 6.14. The van der Waals surface area contributed by atoms with Gasteiger partial charge in [-0.3, -0.25) is 0 Å². The van der Waals surface area contributed by atoms with Gasteiger partial charge in [-0.25, -0.2) is 4.98 Å². The first-order valence-corrected chi connectivity index (χ1v) is 6.75. The van der Waals surface area contributed by atoms with Gasteiger partial charge in [0.1, 0.15) is 0 Å². The van der Waals surface area contributed by atoms with E-state index in [9.17, 15) is 0 Å². The lowest BCUT2D eigenvalue weighted by molar-refractivity contribution is 0.662. The summed E-state index contributed by atoms with van der Waals surface area (Å²) in [5.41, 5.74) is 1.13. The van der Waals surface area contributed by atoms with Crippen LogP contribution in [0.1, 0.15) is 28.4 Å². The van der Waals surface area contributed by atoms with Crippen LogP contribution in [0, 0.1) is 0 Å². The maximum absolute atomic E-state index is 6.14. The van der Waals surface area contributed by atoms with Crippen molar-refractivity contribution in [3.05, 3.63) is 50.9 Å². The fourth-order valence-corrected chi connectivity index (χ4v) is 2.76. The van der Waals surface area contributed by atoms with Crippen molar-refractivity contribution in [3.63, 3.8) is 0 Å². The lowest BCUT2D eigenvalue weighted by atomic mass is 10.2. The van der Waals surface area contributed by atoms with Gasteiger partial charge in [0.05, 0.1) is 5.01 Å². The number of halogens is 1. The van der Waals surface area contributed by atoms with Crippen LogP contribution < -0.4 is 5.32 Å². The van der Waals surface area contributed by atoms with Crippen LogP contribution >= 0.6 is 22.9 Å². The third-order valence-electron chi connectivity index (χ3n) is 2.73. The van der Waals surface area contributed by atoms with Gasteiger partial charge in [-0.1, -0.05) is 29.8 Å². The molecule has 17 heavy (non-hydrogen) atoms. The van der Waals surface area contributed by atoms with E-state index >= 15 is 0 Å². The minimum atomic E-state index is 0.354. The van der Waals surface area contributed by atoms with Crippen LogP contribution in [0.3, 0.4) is 0 Å². The standard InChI is InChI=1S/C13H15ClN2S/c1-9(15-2)12-8-16-13(17-12)7-10-5-3-4-6-11(10)14/h3-6,8-9,15H,7H2,1-2H3. The van der Waals surface area contributed by atoms with Crippen LogP contribution in [0.25, 0.3) is 0 Å². The average Bonchev–Trinajstić information content (AvgIpc) is 2.80. The average molecular weight is 267 g/mol. The van der Waals surface area contributed by atoms with E-state index in [0.29, 0.717) is 6.04 Å². The Labute approximate surface area is 111 Å². The number of benzene rings is 1. The Kier molecular flexibility index (Phi) is 4.15. The molecule has 1 aromatic heterocycles. The molecule has 4 heteroatoms. The zero-order valence-corrected chi connectivity index (χ0v) is 11.5. The van der Waals surface area contributed by atoms with E-state index in [4.69, 9.17) is 11.6 Å². The van der Waals surface area contributed by atoms with E-state index in [-0.39, 0.29) is 0 Å². The van der Waals surface area contributed by atoms with E-state index in [2.05, 4.69) is 17.2 Å². The summed E-state index contributed by atoms with van der Waals surface area (Å²) in [5.74, 6) is 0. The molecule has 0 amide bonds. The van der Waals surface area contributed by atoms with Crippen LogP contribution in [0.4, 0.5) is 0 Å². The van der Waals surface area contributed by atoms with Crippen LogP contribution in [-0.2, 0) is 6.42 Å². The zero-order valence-electron chi connectivity index (χ0n) is 9.90. The quantitative estimate of drug-likeness (QED) is 0.913. The molecular formula is C13H15ClN2S. The second kappa shape index (κ2) is 5.63. The Morgan fingerprint density at radius 2 is 2.18 bits per heavy atom. The van der Waals surface area contributed by atoms with Gasteiger partial charge in [0.25, 0.3) is 0 Å². The number of hydrogen-bond donors (Lipinski definition) is 1. The Morgan fingerprint density at radius 1 is 1.41 bits per heavy atom. The van der Waals surface area contributed by atoms with Gasteiger partial charge in [0, 0.05) is 28.6 Å². The maximum Gasteiger partial charge on any atom is 0.0972 e. The molecule has 1 N–H and O–H groups in total. The van der Waals surface area contributed by atoms with Crippen LogP contribution in [-0.4, -0.2) is 12.0 Å². The predicted molar refractivity (Wildman–Crippen MR) is 73.8 cm³/mol. The van der Waals surface area contributed by atoms with Gasteiger partial charge in [-0.05, 0) is 25.6 Å². The summed E-state index contributed by atoms with van der Waals surface area (Å²) in [6, 6.07) is 8.27. The minimum Gasteiger partial charge on any atom is -0.312 e. The fraction of sp³-hybridized carbons (Fsp3) is 0.308. The van der Waals surface area contributed by atoms with Gasteiger partial charge in [0.2, 0.25) is 0 Å². The Hall–Kier alpha value is -0.900. The number of nitrogens with one attached hydrogen (secondary N) is 1. The molecule has 0 bridgehead atoms. The SMILES string of the molecule is CNC(C)c1cnc(Cc2ccccc2Cl)s1.